The number of nitrogens with one attached hydrogen (secondary N) is 1. The van der Waals surface area contributed by atoms with E-state index >= 15 is 0 Å². The predicted octanol–water partition coefficient (Wildman–Crippen LogP) is 4.76. The van der Waals surface area contributed by atoms with E-state index in [4.69, 9.17) is 4.42 Å². The highest BCUT2D eigenvalue weighted by molar-refractivity contribution is 5.71. The number of pyridine rings is 2. The van der Waals surface area contributed by atoms with Gasteiger partial charge >= 0.3 is 0 Å². The van der Waals surface area contributed by atoms with Crippen molar-refractivity contribution in [2.45, 2.75) is 6.42 Å². The van der Waals surface area contributed by atoms with Gasteiger partial charge < -0.3 is 14.8 Å². The number of furan rings is 1. The van der Waals surface area contributed by atoms with Gasteiger partial charge in [-0.25, -0.2) is 4.98 Å². The van der Waals surface area contributed by atoms with Crippen LogP contribution < -0.4 is 5.32 Å². The molecule has 0 saturated carbocycles. The van der Waals surface area contributed by atoms with Crippen LogP contribution in [0.1, 0.15) is 5.56 Å². The lowest BCUT2D eigenvalue weighted by atomic mass is 10.1. The molecule has 0 atom stereocenters. The van der Waals surface area contributed by atoms with E-state index in [2.05, 4.69) is 15.3 Å². The summed E-state index contributed by atoms with van der Waals surface area (Å²) in [7, 11) is 0. The maximum atomic E-state index is 9.38. The highest BCUT2D eigenvalue weighted by atomic mass is 16.3. The van der Waals surface area contributed by atoms with Gasteiger partial charge in [0.2, 0.25) is 0 Å². The maximum Gasteiger partial charge on any atom is 0.152 e. The molecule has 1 aromatic carbocycles. The number of rotatable bonds is 6. The summed E-state index contributed by atoms with van der Waals surface area (Å²) in [6.45, 7) is 0.728. The van der Waals surface area contributed by atoms with Gasteiger partial charge in [-0.3, -0.25) is 4.98 Å². The van der Waals surface area contributed by atoms with E-state index < -0.39 is 0 Å². The van der Waals surface area contributed by atoms with Gasteiger partial charge in [-0.05, 0) is 60.0 Å². The smallest absolute Gasteiger partial charge is 0.152 e. The standard InChI is InChI=1S/C22H19N3O2/c26-19-7-5-16(6-8-19)9-11-24-22-14-18(17-3-1-10-23-15-17)13-20(25-22)21-4-2-12-27-21/h1-8,10,12-15,26H,9,11H2,(H,24,25). The summed E-state index contributed by atoms with van der Waals surface area (Å²) in [6, 6.07) is 18.9. The number of aromatic nitrogens is 2. The molecule has 0 bridgehead atoms. The van der Waals surface area contributed by atoms with Gasteiger partial charge in [-0.1, -0.05) is 18.2 Å². The van der Waals surface area contributed by atoms with Crippen LogP contribution in [-0.4, -0.2) is 21.6 Å². The number of hydrogen-bond acceptors (Lipinski definition) is 5. The van der Waals surface area contributed by atoms with Crippen molar-refractivity contribution in [3.8, 4) is 28.3 Å². The van der Waals surface area contributed by atoms with E-state index in [0.29, 0.717) is 0 Å². The number of anilines is 1. The Morgan fingerprint density at radius 2 is 1.85 bits per heavy atom. The first-order chi connectivity index (χ1) is 13.3. The molecular weight excluding hydrogens is 338 g/mol. The molecule has 134 valence electrons. The van der Waals surface area contributed by atoms with Crippen LogP contribution in [0.3, 0.4) is 0 Å². The zero-order valence-electron chi connectivity index (χ0n) is 14.7. The van der Waals surface area contributed by atoms with Crippen LogP contribution in [0.5, 0.6) is 5.75 Å². The summed E-state index contributed by atoms with van der Waals surface area (Å²) in [5, 5.41) is 12.8. The van der Waals surface area contributed by atoms with Crippen LogP contribution in [0.4, 0.5) is 5.82 Å². The summed E-state index contributed by atoms with van der Waals surface area (Å²) < 4.78 is 5.52. The summed E-state index contributed by atoms with van der Waals surface area (Å²) in [4.78, 5) is 8.89. The fourth-order valence-corrected chi connectivity index (χ4v) is 2.87. The van der Waals surface area contributed by atoms with Gasteiger partial charge in [0.25, 0.3) is 0 Å². The van der Waals surface area contributed by atoms with Crippen LogP contribution in [0.15, 0.2) is 83.7 Å². The molecule has 5 heteroatoms. The highest BCUT2D eigenvalue weighted by Crippen LogP contribution is 2.27. The molecule has 2 N–H and O–H groups in total. The Morgan fingerprint density at radius 1 is 0.963 bits per heavy atom. The minimum atomic E-state index is 0.278. The second kappa shape index (κ2) is 7.74. The monoisotopic (exact) mass is 357 g/mol. The van der Waals surface area contributed by atoms with Crippen molar-refractivity contribution < 1.29 is 9.52 Å². The molecule has 27 heavy (non-hydrogen) atoms. The Balaban J connectivity index is 1.57. The van der Waals surface area contributed by atoms with Gasteiger partial charge in [-0.2, -0.15) is 0 Å². The van der Waals surface area contributed by atoms with E-state index in [9.17, 15) is 5.11 Å². The van der Waals surface area contributed by atoms with Crippen LogP contribution in [0.2, 0.25) is 0 Å². The second-order valence-electron chi connectivity index (χ2n) is 6.19. The first kappa shape index (κ1) is 16.8. The van der Waals surface area contributed by atoms with Crippen molar-refractivity contribution in [1.29, 1.82) is 0 Å². The van der Waals surface area contributed by atoms with Gasteiger partial charge in [0.1, 0.15) is 17.3 Å². The first-order valence-corrected chi connectivity index (χ1v) is 8.76. The van der Waals surface area contributed by atoms with Gasteiger partial charge in [0.05, 0.1) is 6.26 Å². The van der Waals surface area contributed by atoms with E-state index in [0.717, 1.165) is 46.9 Å². The lowest BCUT2D eigenvalue weighted by Gasteiger charge is -2.10. The average Bonchev–Trinajstić information content (AvgIpc) is 3.25. The molecule has 4 rings (SSSR count). The fourth-order valence-electron chi connectivity index (χ4n) is 2.87. The fraction of sp³-hybridized carbons (Fsp3) is 0.0909. The van der Waals surface area contributed by atoms with E-state index in [1.54, 1.807) is 24.6 Å². The number of benzene rings is 1. The molecule has 4 aromatic rings. The Morgan fingerprint density at radius 3 is 2.59 bits per heavy atom. The molecule has 0 amide bonds. The van der Waals surface area contributed by atoms with Crippen molar-refractivity contribution in [2.24, 2.45) is 0 Å². The molecule has 0 aliphatic rings. The summed E-state index contributed by atoms with van der Waals surface area (Å²) in [6.07, 6.45) is 6.07. The summed E-state index contributed by atoms with van der Waals surface area (Å²) in [5.41, 5.74) is 3.97. The number of phenolic OH excluding ortho intramolecular Hbond substituents is 1. The molecule has 0 aliphatic carbocycles. The number of phenols is 1. The molecular formula is C22H19N3O2. The minimum absolute atomic E-state index is 0.278. The van der Waals surface area contributed by atoms with Crippen LogP contribution in [0.25, 0.3) is 22.6 Å². The van der Waals surface area contributed by atoms with Gasteiger partial charge in [-0.15, -0.1) is 0 Å². The second-order valence-corrected chi connectivity index (χ2v) is 6.19. The van der Waals surface area contributed by atoms with Crippen molar-refractivity contribution >= 4 is 5.82 Å². The van der Waals surface area contributed by atoms with Crippen LogP contribution in [0, 0.1) is 0 Å². The Labute approximate surface area is 157 Å². The summed E-state index contributed by atoms with van der Waals surface area (Å²) in [5.74, 6) is 1.78. The maximum absolute atomic E-state index is 9.38. The Kier molecular flexibility index (Phi) is 4.83. The molecule has 3 aromatic heterocycles. The Hall–Kier alpha value is -3.60. The summed E-state index contributed by atoms with van der Waals surface area (Å²) >= 11 is 0. The topological polar surface area (TPSA) is 71.2 Å². The molecule has 0 fully saturated rings. The van der Waals surface area contributed by atoms with Crippen molar-refractivity contribution in [1.82, 2.24) is 9.97 Å². The normalized spacial score (nSPS) is 10.7. The van der Waals surface area contributed by atoms with Crippen molar-refractivity contribution in [3.05, 3.63) is 84.9 Å². The zero-order chi connectivity index (χ0) is 18.5. The Bertz CT molecular complexity index is 998. The molecule has 0 unspecified atom stereocenters. The molecule has 0 spiro atoms. The van der Waals surface area contributed by atoms with Gasteiger partial charge in [0, 0.05) is 24.5 Å². The SMILES string of the molecule is Oc1ccc(CCNc2cc(-c3cccnc3)cc(-c3ccco3)n2)cc1. The third kappa shape index (κ3) is 4.15. The molecule has 0 aliphatic heterocycles. The van der Waals surface area contributed by atoms with E-state index in [1.165, 1.54) is 0 Å². The lowest BCUT2D eigenvalue weighted by molar-refractivity contribution is 0.475. The van der Waals surface area contributed by atoms with E-state index in [1.807, 2.05) is 54.7 Å². The zero-order valence-corrected chi connectivity index (χ0v) is 14.7. The largest absolute Gasteiger partial charge is 0.508 e. The number of aromatic hydroxyl groups is 1. The molecule has 0 radical (unpaired) electrons. The molecule has 3 heterocycles. The van der Waals surface area contributed by atoms with Crippen molar-refractivity contribution in [2.75, 3.05) is 11.9 Å². The first-order valence-electron chi connectivity index (χ1n) is 8.76. The average molecular weight is 357 g/mol. The lowest BCUT2D eigenvalue weighted by Crippen LogP contribution is -2.07. The number of hydrogen-bond donors (Lipinski definition) is 2. The van der Waals surface area contributed by atoms with Crippen molar-refractivity contribution in [3.63, 3.8) is 0 Å². The van der Waals surface area contributed by atoms with E-state index in [-0.39, 0.29) is 5.75 Å². The van der Waals surface area contributed by atoms with Crippen LogP contribution in [-0.2, 0) is 6.42 Å². The molecule has 5 nitrogen and oxygen atoms in total. The van der Waals surface area contributed by atoms with Crippen LogP contribution >= 0.6 is 0 Å². The third-order valence-corrected chi connectivity index (χ3v) is 4.25. The van der Waals surface area contributed by atoms with Gasteiger partial charge in [0.15, 0.2) is 5.76 Å². The highest BCUT2D eigenvalue weighted by Gasteiger charge is 2.09. The third-order valence-electron chi connectivity index (χ3n) is 4.25. The quantitative estimate of drug-likeness (QED) is 0.520. The minimum Gasteiger partial charge on any atom is -0.508 e. The molecule has 0 saturated heterocycles. The number of nitrogens with zero attached hydrogens (tertiary/aromatic N) is 2. The predicted molar refractivity (Wildman–Crippen MR) is 105 cm³/mol.